The van der Waals surface area contributed by atoms with E-state index in [-0.39, 0.29) is 40.9 Å². The molecule has 0 heterocycles. The molecule has 1 N–H and O–H groups in total. The molecule has 0 aliphatic heterocycles. The van der Waals surface area contributed by atoms with Crippen LogP contribution in [0.1, 0.15) is 30.5 Å². The molecule has 9 nitrogen and oxygen atoms in total. The molecular weight excluding hydrogens is 621 g/mol. The zero-order valence-corrected chi connectivity index (χ0v) is 28.0. The van der Waals surface area contributed by atoms with Gasteiger partial charge in [0, 0.05) is 30.6 Å². The van der Waals surface area contributed by atoms with Gasteiger partial charge < -0.3 is 19.7 Å². The fourth-order valence-electron chi connectivity index (χ4n) is 5.09. The average molecular weight is 662 g/mol. The second kappa shape index (κ2) is 15.6. The van der Waals surface area contributed by atoms with Crippen molar-refractivity contribution in [1.82, 2.24) is 10.2 Å². The minimum Gasteiger partial charge on any atom is -0.493 e. The standard InChI is InChI=1S/C36H40FN3O6S/c1-25(2)38-36(42)32(21-27-11-7-6-8-12-27)39(23-28-13-9-10-14-31(28)37)35(41)24-40(29-17-15-26(3)16-18-29)47(43,44)30-19-20-33(45-4)34(22-30)46-5/h6-20,22,25,32H,21,23-24H2,1-5H3,(H,38,42)/t32-/m0/s1. The van der Waals surface area contributed by atoms with Crippen LogP contribution in [0, 0.1) is 12.7 Å². The number of benzene rings is 4. The number of anilines is 1. The molecule has 248 valence electrons. The number of nitrogens with zero attached hydrogens (tertiary/aromatic N) is 2. The molecule has 4 rings (SSSR count). The lowest BCUT2D eigenvalue weighted by Gasteiger charge is -2.34. The first-order valence-electron chi connectivity index (χ1n) is 15.1. The van der Waals surface area contributed by atoms with Crippen molar-refractivity contribution in [2.45, 2.75) is 50.7 Å². The highest BCUT2D eigenvalue weighted by Gasteiger charge is 2.35. The Morgan fingerprint density at radius 2 is 1.49 bits per heavy atom. The summed E-state index contributed by atoms with van der Waals surface area (Å²) in [5, 5.41) is 2.89. The quantitative estimate of drug-likeness (QED) is 0.191. The molecular formula is C36H40FN3O6S. The topological polar surface area (TPSA) is 105 Å². The molecule has 0 unspecified atom stereocenters. The number of aryl methyl sites for hydroxylation is 1. The van der Waals surface area contributed by atoms with E-state index in [1.54, 1.807) is 44.2 Å². The van der Waals surface area contributed by atoms with Crippen LogP contribution in [0.25, 0.3) is 0 Å². The minimum atomic E-state index is -4.38. The third-order valence-electron chi connectivity index (χ3n) is 7.54. The van der Waals surface area contributed by atoms with Crippen molar-refractivity contribution in [1.29, 1.82) is 0 Å². The van der Waals surface area contributed by atoms with Gasteiger partial charge in [-0.2, -0.15) is 0 Å². The number of amides is 2. The first-order chi connectivity index (χ1) is 22.4. The van der Waals surface area contributed by atoms with Crippen molar-refractivity contribution in [3.05, 3.63) is 120 Å². The summed E-state index contributed by atoms with van der Waals surface area (Å²) in [6.45, 7) is 4.52. The predicted molar refractivity (Wildman–Crippen MR) is 179 cm³/mol. The molecule has 4 aromatic carbocycles. The van der Waals surface area contributed by atoms with E-state index in [1.807, 2.05) is 37.3 Å². The van der Waals surface area contributed by atoms with Crippen LogP contribution in [0.3, 0.4) is 0 Å². The molecule has 0 aliphatic rings. The maximum absolute atomic E-state index is 15.1. The van der Waals surface area contributed by atoms with Crippen molar-refractivity contribution in [2.75, 3.05) is 25.1 Å². The number of nitrogens with one attached hydrogen (secondary N) is 1. The Morgan fingerprint density at radius 3 is 2.11 bits per heavy atom. The van der Waals surface area contributed by atoms with Crippen molar-refractivity contribution in [2.24, 2.45) is 0 Å². The van der Waals surface area contributed by atoms with E-state index in [0.29, 0.717) is 5.75 Å². The SMILES string of the molecule is COc1ccc(S(=O)(=O)N(CC(=O)N(Cc2ccccc2F)[C@@H](Cc2ccccc2)C(=O)NC(C)C)c2ccc(C)cc2)cc1OC. The van der Waals surface area contributed by atoms with Gasteiger partial charge in [-0.25, -0.2) is 12.8 Å². The molecule has 0 saturated carbocycles. The van der Waals surface area contributed by atoms with Gasteiger partial charge in [0.15, 0.2) is 11.5 Å². The summed E-state index contributed by atoms with van der Waals surface area (Å²) in [4.78, 5) is 29.4. The Kier molecular flexibility index (Phi) is 11.6. The molecule has 0 fully saturated rings. The molecule has 0 saturated heterocycles. The Balaban J connectivity index is 1.83. The molecule has 0 bridgehead atoms. The fourth-order valence-corrected chi connectivity index (χ4v) is 6.52. The summed E-state index contributed by atoms with van der Waals surface area (Å²) in [7, 11) is -1.55. The number of halogens is 1. The Hall–Kier alpha value is -4.90. The van der Waals surface area contributed by atoms with Gasteiger partial charge in [0.05, 0.1) is 24.8 Å². The lowest BCUT2D eigenvalue weighted by molar-refractivity contribution is -0.140. The number of methoxy groups -OCH3 is 2. The Morgan fingerprint density at radius 1 is 0.851 bits per heavy atom. The molecule has 0 aliphatic carbocycles. The van der Waals surface area contributed by atoms with Crippen LogP contribution in [0.4, 0.5) is 10.1 Å². The van der Waals surface area contributed by atoms with E-state index < -0.39 is 40.2 Å². The number of carbonyl (C=O) groups excluding carboxylic acids is 2. The zero-order chi connectivity index (χ0) is 34.1. The van der Waals surface area contributed by atoms with E-state index >= 15 is 4.39 Å². The second-order valence-electron chi connectivity index (χ2n) is 11.3. The van der Waals surface area contributed by atoms with E-state index in [1.165, 1.54) is 55.5 Å². The van der Waals surface area contributed by atoms with Crippen molar-refractivity contribution >= 4 is 27.5 Å². The van der Waals surface area contributed by atoms with Crippen LogP contribution in [0.5, 0.6) is 11.5 Å². The summed E-state index contributed by atoms with van der Waals surface area (Å²) >= 11 is 0. The molecule has 0 radical (unpaired) electrons. The van der Waals surface area contributed by atoms with E-state index in [0.717, 1.165) is 15.4 Å². The number of hydrogen-bond donors (Lipinski definition) is 1. The van der Waals surface area contributed by atoms with E-state index in [2.05, 4.69) is 5.32 Å². The molecule has 2 amide bonds. The lowest BCUT2D eigenvalue weighted by Crippen LogP contribution is -2.54. The van der Waals surface area contributed by atoms with Crippen LogP contribution in [0.2, 0.25) is 0 Å². The zero-order valence-electron chi connectivity index (χ0n) is 27.1. The Labute approximate surface area is 276 Å². The van der Waals surface area contributed by atoms with E-state index in [9.17, 15) is 18.0 Å². The summed E-state index contributed by atoms with van der Waals surface area (Å²) < 4.78 is 55.3. The minimum absolute atomic E-state index is 0.118. The van der Waals surface area contributed by atoms with Gasteiger partial charge in [0.25, 0.3) is 10.0 Å². The second-order valence-corrected chi connectivity index (χ2v) is 13.2. The number of hydrogen-bond acceptors (Lipinski definition) is 6. The molecule has 11 heteroatoms. The van der Waals surface area contributed by atoms with Crippen LogP contribution in [-0.2, 0) is 32.6 Å². The van der Waals surface area contributed by atoms with Gasteiger partial charge in [0.1, 0.15) is 18.4 Å². The monoisotopic (exact) mass is 661 g/mol. The smallest absolute Gasteiger partial charge is 0.264 e. The van der Waals surface area contributed by atoms with E-state index in [4.69, 9.17) is 9.47 Å². The molecule has 47 heavy (non-hydrogen) atoms. The largest absolute Gasteiger partial charge is 0.493 e. The van der Waals surface area contributed by atoms with Gasteiger partial charge in [-0.3, -0.25) is 13.9 Å². The van der Waals surface area contributed by atoms with Crippen molar-refractivity contribution in [3.8, 4) is 11.5 Å². The molecule has 0 aromatic heterocycles. The normalized spacial score (nSPS) is 11.9. The van der Waals surface area contributed by atoms with Crippen molar-refractivity contribution in [3.63, 3.8) is 0 Å². The van der Waals surface area contributed by atoms with Crippen LogP contribution in [-0.4, -0.2) is 58.0 Å². The predicted octanol–water partition coefficient (Wildman–Crippen LogP) is 5.51. The highest BCUT2D eigenvalue weighted by atomic mass is 32.2. The van der Waals surface area contributed by atoms with Gasteiger partial charge in [-0.15, -0.1) is 0 Å². The molecule has 4 aromatic rings. The highest BCUT2D eigenvalue weighted by Crippen LogP contribution is 2.32. The van der Waals surface area contributed by atoms with Gasteiger partial charge in [-0.1, -0.05) is 66.2 Å². The third kappa shape index (κ3) is 8.68. The number of ether oxygens (including phenoxy) is 2. The molecule has 0 spiro atoms. The number of carbonyl (C=O) groups is 2. The number of sulfonamides is 1. The van der Waals surface area contributed by atoms with Crippen molar-refractivity contribution < 1.29 is 31.9 Å². The fraction of sp³-hybridized carbons (Fsp3) is 0.278. The first-order valence-corrected chi connectivity index (χ1v) is 16.6. The van der Waals surface area contributed by atoms with Gasteiger partial charge in [0.2, 0.25) is 11.8 Å². The molecule has 1 atom stereocenters. The summed E-state index contributed by atoms with van der Waals surface area (Å²) in [5.41, 5.74) is 2.07. The number of rotatable bonds is 14. The third-order valence-corrected chi connectivity index (χ3v) is 9.31. The lowest BCUT2D eigenvalue weighted by atomic mass is 10.0. The van der Waals surface area contributed by atoms with Gasteiger partial charge >= 0.3 is 0 Å². The summed E-state index contributed by atoms with van der Waals surface area (Å²) in [6, 6.07) is 24.7. The van der Waals surface area contributed by atoms with Crippen LogP contribution in [0.15, 0.2) is 102 Å². The van der Waals surface area contributed by atoms with Crippen LogP contribution >= 0.6 is 0 Å². The maximum Gasteiger partial charge on any atom is 0.264 e. The summed E-state index contributed by atoms with van der Waals surface area (Å²) in [6.07, 6.45) is 0.118. The maximum atomic E-state index is 15.1. The van der Waals surface area contributed by atoms with Crippen LogP contribution < -0.4 is 19.1 Å². The average Bonchev–Trinajstić information content (AvgIpc) is 3.06. The Bertz CT molecular complexity index is 1780. The highest BCUT2D eigenvalue weighted by molar-refractivity contribution is 7.92. The first kappa shape index (κ1) is 35.0. The summed E-state index contributed by atoms with van der Waals surface area (Å²) in [5.74, 6) is -1.17. The van der Waals surface area contributed by atoms with Gasteiger partial charge in [-0.05, 0) is 56.7 Å².